The summed E-state index contributed by atoms with van der Waals surface area (Å²) in [7, 11) is 0. The smallest absolute Gasteiger partial charge is 0.303 e. The van der Waals surface area contributed by atoms with Crippen molar-refractivity contribution in [1.29, 1.82) is 0 Å². The number of hydrogen-bond donors (Lipinski definition) is 0. The number of hydrogen-bond acceptors (Lipinski definition) is 5. The van der Waals surface area contributed by atoms with Gasteiger partial charge in [-0.15, -0.1) is 0 Å². The largest absolute Gasteiger partial charge is 0.307 e. The lowest BCUT2D eigenvalue weighted by Gasteiger charge is -2.16. The molecule has 19 heavy (non-hydrogen) atoms. The third kappa shape index (κ3) is 2.92. The molecule has 0 unspecified atom stereocenters. The minimum Gasteiger partial charge on any atom is -0.303 e. The third-order valence-electron chi connectivity index (χ3n) is 3.21. The number of carbonyl (C=O) groups is 1. The Hall–Kier alpha value is -1.08. The van der Waals surface area contributed by atoms with Gasteiger partial charge in [0.15, 0.2) is 5.17 Å². The lowest BCUT2D eigenvalue weighted by molar-refractivity contribution is -0.127. The van der Waals surface area contributed by atoms with Gasteiger partial charge in [0.2, 0.25) is 5.91 Å². The number of thioether (sulfide) groups is 1. The number of thiazole rings is 1. The molecule has 1 aliphatic heterocycles. The fraction of sp³-hybridized carbons (Fsp3) is 0.583. The first-order valence-electron chi connectivity index (χ1n) is 6.10. The Morgan fingerprint density at radius 3 is 2.79 bits per heavy atom. The average molecular weight is 299 g/mol. The number of carbonyl (C=O) groups excluding carboxylic acids is 1. The van der Waals surface area contributed by atoms with Crippen molar-refractivity contribution in [3.63, 3.8) is 0 Å². The van der Waals surface area contributed by atoms with Crippen LogP contribution in [0.5, 0.6) is 0 Å². The van der Waals surface area contributed by atoms with E-state index in [-0.39, 0.29) is 10.8 Å². The minimum absolute atomic E-state index is 0.0166. The average Bonchev–Trinajstić information content (AvgIpc) is 2.94. The summed E-state index contributed by atoms with van der Waals surface area (Å²) in [6, 6.07) is 0. The summed E-state index contributed by atoms with van der Waals surface area (Å²) >= 11 is 2.73. The monoisotopic (exact) mass is 299 g/mol. The van der Waals surface area contributed by atoms with Gasteiger partial charge in [0.05, 0.1) is 6.54 Å². The van der Waals surface area contributed by atoms with Gasteiger partial charge in [-0.25, -0.2) is 0 Å². The Kier molecular flexibility index (Phi) is 4.46. The fourth-order valence-corrected chi connectivity index (χ4v) is 3.51. The first-order valence-corrected chi connectivity index (χ1v) is 8.14. The minimum atomic E-state index is 0.0166. The standard InChI is InChI=1S/C12H17N3O2S2/c1-8-9(2)19-12(17)14(8)6-4-10(16)15-7-5-13-11(15)18-3/h4-7H2,1-3H3. The molecule has 7 heteroatoms. The van der Waals surface area contributed by atoms with E-state index in [0.717, 1.165) is 15.7 Å². The van der Waals surface area contributed by atoms with Crippen molar-refractivity contribution < 1.29 is 4.79 Å². The van der Waals surface area contributed by atoms with E-state index in [1.165, 1.54) is 23.1 Å². The molecule has 0 aliphatic carbocycles. The van der Waals surface area contributed by atoms with E-state index < -0.39 is 0 Å². The molecule has 1 aliphatic rings. The second-order valence-corrected chi connectivity index (χ2v) is 6.26. The molecule has 5 nitrogen and oxygen atoms in total. The Bertz CT molecular complexity index is 574. The van der Waals surface area contributed by atoms with E-state index >= 15 is 0 Å². The number of rotatable bonds is 3. The highest BCUT2D eigenvalue weighted by atomic mass is 32.2. The van der Waals surface area contributed by atoms with E-state index in [0.29, 0.717) is 26.1 Å². The number of nitrogens with zero attached hydrogens (tertiary/aromatic N) is 3. The van der Waals surface area contributed by atoms with E-state index in [4.69, 9.17) is 0 Å². The molecule has 1 aromatic rings. The van der Waals surface area contributed by atoms with E-state index in [9.17, 15) is 9.59 Å². The van der Waals surface area contributed by atoms with Gasteiger partial charge in [-0.3, -0.25) is 19.5 Å². The van der Waals surface area contributed by atoms with Crippen molar-refractivity contribution in [3.05, 3.63) is 20.2 Å². The van der Waals surface area contributed by atoms with E-state index in [1.54, 1.807) is 9.47 Å². The van der Waals surface area contributed by atoms with Crippen LogP contribution in [0.15, 0.2) is 9.79 Å². The van der Waals surface area contributed by atoms with E-state index in [1.807, 2.05) is 20.1 Å². The van der Waals surface area contributed by atoms with Crippen molar-refractivity contribution >= 4 is 34.2 Å². The maximum absolute atomic E-state index is 12.1. The van der Waals surface area contributed by atoms with Gasteiger partial charge in [-0.1, -0.05) is 23.1 Å². The summed E-state index contributed by atoms with van der Waals surface area (Å²) in [5.74, 6) is 0.0424. The molecule has 0 aromatic carbocycles. The Morgan fingerprint density at radius 2 is 2.21 bits per heavy atom. The van der Waals surface area contributed by atoms with Gasteiger partial charge in [0.25, 0.3) is 0 Å². The molecular weight excluding hydrogens is 282 g/mol. The van der Waals surface area contributed by atoms with E-state index in [2.05, 4.69) is 4.99 Å². The SMILES string of the molecule is CSC1=NCCN1C(=O)CCn1c(C)c(C)sc1=O. The Labute approximate surface area is 120 Å². The van der Waals surface area contributed by atoms with Gasteiger partial charge in [-0.2, -0.15) is 0 Å². The van der Waals surface area contributed by atoms with Crippen LogP contribution in [-0.2, 0) is 11.3 Å². The number of aryl methyl sites for hydroxylation is 1. The highest BCUT2D eigenvalue weighted by Crippen LogP contribution is 2.14. The van der Waals surface area contributed by atoms with Crippen molar-refractivity contribution in [3.8, 4) is 0 Å². The van der Waals surface area contributed by atoms with Crippen LogP contribution in [0.2, 0.25) is 0 Å². The number of amidine groups is 1. The molecule has 0 fully saturated rings. The maximum atomic E-state index is 12.1. The van der Waals surface area contributed by atoms with Crippen molar-refractivity contribution in [2.45, 2.75) is 26.8 Å². The fourth-order valence-electron chi connectivity index (χ4n) is 2.02. The summed E-state index contributed by atoms with van der Waals surface area (Å²) in [5, 5.41) is 0.788. The molecule has 0 spiro atoms. The molecule has 0 saturated heterocycles. The van der Waals surface area contributed by atoms with Crippen LogP contribution in [0, 0.1) is 13.8 Å². The van der Waals surface area contributed by atoms with Gasteiger partial charge < -0.3 is 4.57 Å². The quantitative estimate of drug-likeness (QED) is 0.849. The van der Waals surface area contributed by atoms with Crippen molar-refractivity contribution in [2.75, 3.05) is 19.3 Å². The second kappa shape index (κ2) is 5.92. The normalized spacial score (nSPS) is 14.9. The van der Waals surface area contributed by atoms with Gasteiger partial charge in [-0.05, 0) is 20.1 Å². The van der Waals surface area contributed by atoms with Gasteiger partial charge >= 0.3 is 4.87 Å². The summed E-state index contributed by atoms with van der Waals surface area (Å²) in [6.07, 6.45) is 2.26. The highest BCUT2D eigenvalue weighted by molar-refractivity contribution is 8.13. The molecule has 0 radical (unpaired) electrons. The molecule has 104 valence electrons. The molecular formula is C12H17N3O2S2. The van der Waals surface area contributed by atoms with Crippen LogP contribution in [0.1, 0.15) is 17.0 Å². The molecule has 2 heterocycles. The molecule has 0 bridgehead atoms. The Morgan fingerprint density at radius 1 is 1.47 bits per heavy atom. The van der Waals surface area contributed by atoms with Crippen LogP contribution in [0.4, 0.5) is 0 Å². The summed E-state index contributed by atoms with van der Waals surface area (Å²) < 4.78 is 1.68. The van der Waals surface area contributed by atoms with Crippen molar-refractivity contribution in [1.82, 2.24) is 9.47 Å². The molecule has 0 saturated carbocycles. The van der Waals surface area contributed by atoms with Crippen LogP contribution >= 0.6 is 23.1 Å². The predicted molar refractivity (Wildman–Crippen MR) is 80.2 cm³/mol. The number of aromatic nitrogens is 1. The molecule has 0 atom stereocenters. The third-order valence-corrected chi connectivity index (χ3v) is 4.92. The zero-order valence-electron chi connectivity index (χ0n) is 11.3. The zero-order valence-corrected chi connectivity index (χ0v) is 12.9. The predicted octanol–water partition coefficient (Wildman–Crippen LogP) is 1.48. The molecule has 2 rings (SSSR count). The number of amides is 1. The second-order valence-electron chi connectivity index (χ2n) is 4.32. The number of aliphatic imine (C=N–C) groups is 1. The topological polar surface area (TPSA) is 54.7 Å². The lowest BCUT2D eigenvalue weighted by atomic mass is 10.3. The van der Waals surface area contributed by atoms with Crippen LogP contribution in [-0.4, -0.2) is 39.9 Å². The summed E-state index contributed by atoms with van der Waals surface area (Å²) in [4.78, 5) is 30.9. The van der Waals surface area contributed by atoms with Crippen LogP contribution < -0.4 is 4.87 Å². The van der Waals surface area contributed by atoms with Gasteiger partial charge in [0.1, 0.15) is 0 Å². The molecule has 1 amide bonds. The first-order chi connectivity index (χ1) is 9.04. The van der Waals surface area contributed by atoms with Crippen molar-refractivity contribution in [2.24, 2.45) is 4.99 Å². The highest BCUT2D eigenvalue weighted by Gasteiger charge is 2.22. The molecule has 0 N–H and O–H groups in total. The Balaban J connectivity index is 2.01. The maximum Gasteiger partial charge on any atom is 0.307 e. The van der Waals surface area contributed by atoms with Crippen LogP contribution in [0.3, 0.4) is 0 Å². The van der Waals surface area contributed by atoms with Gasteiger partial charge in [0, 0.05) is 30.1 Å². The zero-order chi connectivity index (χ0) is 14.0. The molecule has 1 aromatic heterocycles. The first kappa shape index (κ1) is 14.3. The van der Waals surface area contributed by atoms with Crippen LogP contribution in [0.25, 0.3) is 0 Å². The summed E-state index contributed by atoms with van der Waals surface area (Å²) in [5.41, 5.74) is 0.961. The summed E-state index contributed by atoms with van der Waals surface area (Å²) in [6.45, 7) is 5.64. The lowest BCUT2D eigenvalue weighted by Crippen LogP contribution is -2.33.